The molecule has 0 aromatic heterocycles. The van der Waals surface area contributed by atoms with Crippen LogP contribution < -0.4 is 22.8 Å². The maximum atomic E-state index is 6.61. The number of fused-ring (bicyclic) bond motifs is 3. The van der Waals surface area contributed by atoms with E-state index in [4.69, 9.17) is 46.1 Å². The first-order chi connectivity index (χ1) is 21.3. The molecular formula is C31H26O10P2. The number of rotatable bonds is 7. The number of benzene rings is 4. The second kappa shape index (κ2) is 11.9. The van der Waals surface area contributed by atoms with E-state index >= 15 is 0 Å². The van der Waals surface area contributed by atoms with E-state index < -0.39 is 54.2 Å². The minimum absolute atomic E-state index is 0.235. The predicted molar refractivity (Wildman–Crippen MR) is 155 cm³/mol. The van der Waals surface area contributed by atoms with Crippen LogP contribution >= 0.6 is 17.2 Å². The molecule has 10 nitrogen and oxygen atoms in total. The van der Waals surface area contributed by atoms with E-state index in [0.29, 0.717) is 28.7 Å². The van der Waals surface area contributed by atoms with Gasteiger partial charge in [0.05, 0.1) is 6.61 Å². The van der Waals surface area contributed by atoms with Gasteiger partial charge in [0.2, 0.25) is 6.29 Å². The summed E-state index contributed by atoms with van der Waals surface area (Å²) < 4.78 is 62.8. The van der Waals surface area contributed by atoms with Gasteiger partial charge in [0, 0.05) is 5.56 Å². The molecule has 2 saturated heterocycles. The summed E-state index contributed by atoms with van der Waals surface area (Å²) in [5.41, 5.74) is 0.869. The van der Waals surface area contributed by atoms with Crippen LogP contribution in [0.1, 0.15) is 11.9 Å². The second-order valence-electron chi connectivity index (χ2n) is 10.00. The van der Waals surface area contributed by atoms with Crippen LogP contribution in [0, 0.1) is 0 Å². The molecule has 0 radical (unpaired) electrons. The highest BCUT2D eigenvalue weighted by molar-refractivity contribution is 7.43. The molecule has 6 atom stereocenters. The lowest BCUT2D eigenvalue weighted by Crippen LogP contribution is -2.63. The van der Waals surface area contributed by atoms with Crippen LogP contribution in [0.2, 0.25) is 0 Å². The Labute approximate surface area is 250 Å². The van der Waals surface area contributed by atoms with E-state index in [0.717, 1.165) is 5.56 Å². The monoisotopic (exact) mass is 620 g/mol. The molecule has 4 aromatic carbocycles. The zero-order chi connectivity index (χ0) is 28.6. The van der Waals surface area contributed by atoms with Crippen molar-refractivity contribution in [2.75, 3.05) is 6.61 Å². The molecule has 0 N–H and O–H groups in total. The molecule has 0 spiro atoms. The van der Waals surface area contributed by atoms with Gasteiger partial charge in [-0.3, -0.25) is 9.05 Å². The van der Waals surface area contributed by atoms with Gasteiger partial charge in [-0.2, -0.15) is 0 Å². The summed E-state index contributed by atoms with van der Waals surface area (Å²) in [5.74, 6) is 2.98. The molecule has 0 amide bonds. The number of para-hydroxylation sites is 5. The van der Waals surface area contributed by atoms with Crippen molar-refractivity contribution >= 4 is 17.2 Å². The predicted octanol–water partition coefficient (Wildman–Crippen LogP) is 7.07. The van der Waals surface area contributed by atoms with Gasteiger partial charge in [-0.05, 0) is 36.4 Å². The van der Waals surface area contributed by atoms with Crippen LogP contribution in [0.25, 0.3) is 0 Å². The van der Waals surface area contributed by atoms with E-state index in [1.807, 2.05) is 109 Å². The molecule has 4 aliphatic rings. The Kier molecular flexibility index (Phi) is 7.51. The first-order valence-electron chi connectivity index (χ1n) is 13.8. The van der Waals surface area contributed by atoms with Gasteiger partial charge >= 0.3 is 17.2 Å². The molecule has 12 heteroatoms. The summed E-state index contributed by atoms with van der Waals surface area (Å²) in [4.78, 5) is 0. The van der Waals surface area contributed by atoms with Crippen molar-refractivity contribution in [1.82, 2.24) is 0 Å². The number of hydrogen-bond acceptors (Lipinski definition) is 10. The van der Waals surface area contributed by atoms with Crippen LogP contribution in [0.4, 0.5) is 0 Å². The second-order valence-corrected chi connectivity index (χ2v) is 12.0. The van der Waals surface area contributed by atoms with Gasteiger partial charge in [-0.15, -0.1) is 0 Å². The largest absolute Gasteiger partial charge is 0.463 e. The highest BCUT2D eigenvalue weighted by Gasteiger charge is 2.56. The minimum atomic E-state index is -1.87. The van der Waals surface area contributed by atoms with Crippen molar-refractivity contribution in [3.05, 3.63) is 115 Å². The Morgan fingerprint density at radius 2 is 1.07 bits per heavy atom. The van der Waals surface area contributed by atoms with Crippen molar-refractivity contribution in [1.29, 1.82) is 0 Å². The van der Waals surface area contributed by atoms with Crippen LogP contribution in [-0.4, -0.2) is 37.3 Å². The third kappa shape index (κ3) is 5.64. The summed E-state index contributed by atoms with van der Waals surface area (Å²) in [6, 6.07) is 33.9. The van der Waals surface area contributed by atoms with E-state index in [-0.39, 0.29) is 6.61 Å². The van der Waals surface area contributed by atoms with E-state index in [1.165, 1.54) is 0 Å². The smallest absolute Gasteiger partial charge is 0.462 e. The third-order valence-corrected chi connectivity index (χ3v) is 9.37. The molecule has 4 aromatic rings. The summed E-state index contributed by atoms with van der Waals surface area (Å²) in [6.07, 6.45) is -4.44. The topological polar surface area (TPSA) is 92.3 Å². The van der Waals surface area contributed by atoms with E-state index in [2.05, 4.69) is 0 Å². The Balaban J connectivity index is 1.12. The van der Waals surface area contributed by atoms with Gasteiger partial charge in [0.1, 0.15) is 24.1 Å². The first-order valence-corrected chi connectivity index (χ1v) is 16.0. The SMILES string of the molecule is c1ccc(O[C@@H]2O[C@@H]3COC(c4ccccc4)O[C@H]3[C@H](OP3Oc4ccccc4O3)[C@H]2OP2Oc3ccccc3O2)cc1. The molecule has 220 valence electrons. The molecule has 4 heterocycles. The average molecular weight is 620 g/mol. The minimum Gasteiger partial charge on any atom is -0.462 e. The maximum absolute atomic E-state index is 6.61. The Hall–Kier alpha value is -3.46. The molecule has 4 aliphatic heterocycles. The standard InChI is InChI=1S/C31H26O10P2/c1-3-11-20(12-4-1)30-32-19-26-27(35-30)28(40-42-36-22-15-7-8-16-23(22)37-42)29(31(34-26)33-21-13-5-2-6-14-21)41-43-38-24-17-9-10-18-25(24)39-43/h1-18,26-31H,19H2/t26-,27-,28+,29-,30?,31-/m1/s1. The van der Waals surface area contributed by atoms with Crippen LogP contribution in [0.3, 0.4) is 0 Å². The summed E-state index contributed by atoms with van der Waals surface area (Å²) in [6.45, 7) is 0.235. The Morgan fingerprint density at radius 1 is 0.558 bits per heavy atom. The Morgan fingerprint density at radius 3 is 1.65 bits per heavy atom. The molecule has 0 aliphatic carbocycles. The highest BCUT2D eigenvalue weighted by atomic mass is 31.2. The zero-order valence-electron chi connectivity index (χ0n) is 22.5. The van der Waals surface area contributed by atoms with Gasteiger partial charge < -0.3 is 37.0 Å². The lowest BCUT2D eigenvalue weighted by atomic mass is 9.98. The van der Waals surface area contributed by atoms with Gasteiger partial charge in [0.25, 0.3) is 0 Å². The maximum Gasteiger partial charge on any atom is 0.463 e. The fraction of sp³-hybridized carbons (Fsp3) is 0.226. The molecular weight excluding hydrogens is 594 g/mol. The van der Waals surface area contributed by atoms with Crippen LogP contribution in [-0.2, 0) is 23.3 Å². The zero-order valence-corrected chi connectivity index (χ0v) is 24.3. The van der Waals surface area contributed by atoms with Crippen molar-refractivity contribution in [2.45, 2.75) is 37.0 Å². The fourth-order valence-corrected chi connectivity index (χ4v) is 7.48. The summed E-state index contributed by atoms with van der Waals surface area (Å²) in [7, 11) is -3.72. The van der Waals surface area contributed by atoms with E-state index in [9.17, 15) is 0 Å². The van der Waals surface area contributed by atoms with Crippen molar-refractivity contribution in [3.63, 3.8) is 0 Å². The lowest BCUT2D eigenvalue weighted by Gasteiger charge is -2.48. The van der Waals surface area contributed by atoms with Crippen LogP contribution in [0.15, 0.2) is 109 Å². The molecule has 43 heavy (non-hydrogen) atoms. The van der Waals surface area contributed by atoms with Crippen molar-refractivity contribution < 1.29 is 46.1 Å². The number of ether oxygens (including phenoxy) is 4. The van der Waals surface area contributed by atoms with E-state index in [1.54, 1.807) is 0 Å². The Bertz CT molecular complexity index is 1500. The summed E-state index contributed by atoms with van der Waals surface area (Å²) in [5, 5.41) is 0. The highest BCUT2D eigenvalue weighted by Crippen LogP contribution is 2.57. The molecule has 0 saturated carbocycles. The quantitative estimate of drug-likeness (QED) is 0.200. The molecule has 2 fully saturated rings. The first kappa shape index (κ1) is 27.1. The average Bonchev–Trinajstić information content (AvgIpc) is 3.66. The lowest BCUT2D eigenvalue weighted by molar-refractivity contribution is -0.344. The summed E-state index contributed by atoms with van der Waals surface area (Å²) >= 11 is 0. The fourth-order valence-electron chi connectivity index (χ4n) is 5.13. The molecule has 0 bridgehead atoms. The molecule has 1 unspecified atom stereocenters. The van der Waals surface area contributed by atoms with Gasteiger partial charge in [0.15, 0.2) is 35.4 Å². The normalized spacial score (nSPS) is 27.9. The molecule has 8 rings (SSSR count). The van der Waals surface area contributed by atoms with Gasteiger partial charge in [-0.1, -0.05) is 72.8 Å². The van der Waals surface area contributed by atoms with Gasteiger partial charge in [-0.25, -0.2) is 0 Å². The van der Waals surface area contributed by atoms with Crippen molar-refractivity contribution in [3.8, 4) is 28.7 Å². The van der Waals surface area contributed by atoms with Crippen LogP contribution in [0.5, 0.6) is 28.7 Å². The third-order valence-electron chi connectivity index (χ3n) is 7.16. The number of hydrogen-bond donors (Lipinski definition) is 0. The van der Waals surface area contributed by atoms with Crippen molar-refractivity contribution in [2.24, 2.45) is 0 Å².